The van der Waals surface area contributed by atoms with Crippen LogP contribution in [-0.2, 0) is 4.79 Å². The monoisotopic (exact) mass is 300 g/mol. The van der Waals surface area contributed by atoms with Crippen LogP contribution in [0.15, 0.2) is 24.3 Å². The van der Waals surface area contributed by atoms with E-state index in [0.29, 0.717) is 17.3 Å². The molecule has 0 aliphatic rings. The Balaban J connectivity index is 2.36. The van der Waals surface area contributed by atoms with Crippen LogP contribution in [-0.4, -0.2) is 55.3 Å². The molecular formula is C14H21ClN2O3. The Morgan fingerprint density at radius 2 is 2.10 bits per heavy atom. The summed E-state index contributed by atoms with van der Waals surface area (Å²) in [5.41, 5.74) is -0.983. The summed E-state index contributed by atoms with van der Waals surface area (Å²) in [5, 5.41) is 13.1. The molecule has 1 unspecified atom stereocenters. The Bertz CT molecular complexity index is 450. The first-order valence-corrected chi connectivity index (χ1v) is 6.69. The predicted octanol–water partition coefficient (Wildman–Crippen LogP) is 1.15. The summed E-state index contributed by atoms with van der Waals surface area (Å²) in [4.78, 5) is 13.5. The van der Waals surface area contributed by atoms with Gasteiger partial charge in [0.1, 0.15) is 5.75 Å². The van der Waals surface area contributed by atoms with E-state index in [-0.39, 0.29) is 19.1 Å². The topological polar surface area (TPSA) is 61.8 Å². The summed E-state index contributed by atoms with van der Waals surface area (Å²) in [6.07, 6.45) is 0. The smallest absolute Gasteiger partial charge is 0.258 e. The molecule has 20 heavy (non-hydrogen) atoms. The Hall–Kier alpha value is -1.30. The van der Waals surface area contributed by atoms with Gasteiger partial charge in [0.25, 0.3) is 5.91 Å². The number of nitrogens with one attached hydrogen (secondary N) is 1. The number of carbonyl (C=O) groups excluding carboxylic acids is 1. The number of halogens is 1. The first-order chi connectivity index (χ1) is 9.30. The van der Waals surface area contributed by atoms with Crippen molar-refractivity contribution in [1.29, 1.82) is 0 Å². The molecule has 1 atom stereocenters. The fourth-order valence-corrected chi connectivity index (χ4v) is 1.97. The van der Waals surface area contributed by atoms with Gasteiger partial charge in [-0.05, 0) is 33.2 Å². The van der Waals surface area contributed by atoms with Gasteiger partial charge in [-0.1, -0.05) is 23.7 Å². The van der Waals surface area contributed by atoms with Crippen LogP contribution in [0.25, 0.3) is 0 Å². The molecule has 2 N–H and O–H groups in total. The summed E-state index contributed by atoms with van der Waals surface area (Å²) in [5.74, 6) is 0.160. The van der Waals surface area contributed by atoms with Crippen molar-refractivity contribution in [2.75, 3.05) is 33.8 Å². The standard InChI is InChI=1S/C14H21ClN2O3/c1-14(19,10-17(2)3)9-16-13(18)8-20-12-7-5-4-6-11(12)15/h4-7,19H,8-10H2,1-3H3,(H,16,18). The fourth-order valence-electron chi connectivity index (χ4n) is 1.78. The van der Waals surface area contributed by atoms with Gasteiger partial charge >= 0.3 is 0 Å². The number of rotatable bonds is 7. The highest BCUT2D eigenvalue weighted by Gasteiger charge is 2.22. The van der Waals surface area contributed by atoms with Gasteiger partial charge in [0, 0.05) is 13.1 Å². The number of likely N-dealkylation sites (N-methyl/N-ethyl adjacent to an activating group) is 1. The van der Waals surface area contributed by atoms with Crippen LogP contribution in [0.3, 0.4) is 0 Å². The summed E-state index contributed by atoms with van der Waals surface area (Å²) >= 11 is 5.91. The Kier molecular flexibility index (Phi) is 6.26. The Labute approximate surface area is 124 Å². The molecule has 1 aromatic carbocycles. The van der Waals surface area contributed by atoms with Gasteiger partial charge in [-0.2, -0.15) is 0 Å². The summed E-state index contributed by atoms with van der Waals surface area (Å²) in [6.45, 7) is 2.15. The van der Waals surface area contributed by atoms with Crippen molar-refractivity contribution < 1.29 is 14.6 Å². The number of ether oxygens (including phenoxy) is 1. The van der Waals surface area contributed by atoms with Crippen LogP contribution in [0.1, 0.15) is 6.92 Å². The largest absolute Gasteiger partial charge is 0.482 e. The van der Waals surface area contributed by atoms with Crippen molar-refractivity contribution in [3.63, 3.8) is 0 Å². The normalized spacial score (nSPS) is 13.9. The predicted molar refractivity (Wildman–Crippen MR) is 79.1 cm³/mol. The van der Waals surface area contributed by atoms with Crippen molar-refractivity contribution in [2.24, 2.45) is 0 Å². The number of aliphatic hydroxyl groups is 1. The second-order valence-electron chi connectivity index (χ2n) is 5.23. The van der Waals surface area contributed by atoms with Crippen molar-refractivity contribution >= 4 is 17.5 Å². The Morgan fingerprint density at radius 3 is 2.70 bits per heavy atom. The second kappa shape index (κ2) is 7.47. The Morgan fingerprint density at radius 1 is 1.45 bits per heavy atom. The highest BCUT2D eigenvalue weighted by atomic mass is 35.5. The highest BCUT2D eigenvalue weighted by molar-refractivity contribution is 6.32. The van der Waals surface area contributed by atoms with E-state index in [4.69, 9.17) is 16.3 Å². The fraction of sp³-hybridized carbons (Fsp3) is 0.500. The van der Waals surface area contributed by atoms with Crippen LogP contribution < -0.4 is 10.1 Å². The molecule has 0 radical (unpaired) electrons. The molecule has 0 spiro atoms. The molecule has 0 fully saturated rings. The lowest BCUT2D eigenvalue weighted by Gasteiger charge is -2.27. The molecule has 0 saturated heterocycles. The molecule has 0 aliphatic carbocycles. The number of amides is 1. The molecule has 1 rings (SSSR count). The van der Waals surface area contributed by atoms with E-state index in [2.05, 4.69) is 5.32 Å². The van der Waals surface area contributed by atoms with Crippen LogP contribution in [0, 0.1) is 0 Å². The first-order valence-electron chi connectivity index (χ1n) is 6.31. The molecule has 0 aliphatic heterocycles. The van der Waals surface area contributed by atoms with E-state index in [1.165, 1.54) is 0 Å². The highest BCUT2D eigenvalue weighted by Crippen LogP contribution is 2.22. The van der Waals surface area contributed by atoms with E-state index in [0.717, 1.165) is 0 Å². The third-order valence-corrected chi connectivity index (χ3v) is 2.83. The zero-order valence-electron chi connectivity index (χ0n) is 12.0. The zero-order valence-corrected chi connectivity index (χ0v) is 12.8. The average molecular weight is 301 g/mol. The number of para-hydroxylation sites is 1. The third-order valence-electron chi connectivity index (χ3n) is 2.52. The van der Waals surface area contributed by atoms with E-state index >= 15 is 0 Å². The lowest BCUT2D eigenvalue weighted by atomic mass is 10.1. The van der Waals surface area contributed by atoms with Crippen LogP contribution in [0.4, 0.5) is 0 Å². The maximum absolute atomic E-state index is 11.7. The SMILES string of the molecule is CN(C)CC(C)(O)CNC(=O)COc1ccccc1Cl. The summed E-state index contributed by atoms with van der Waals surface area (Å²) in [7, 11) is 3.72. The quantitative estimate of drug-likeness (QED) is 0.793. The van der Waals surface area contributed by atoms with E-state index in [1.54, 1.807) is 31.2 Å². The molecule has 5 nitrogen and oxygen atoms in total. The lowest BCUT2D eigenvalue weighted by molar-refractivity contribution is -0.124. The number of hydrogen-bond donors (Lipinski definition) is 2. The van der Waals surface area contributed by atoms with Crippen molar-refractivity contribution in [3.05, 3.63) is 29.3 Å². The van der Waals surface area contributed by atoms with Crippen molar-refractivity contribution in [2.45, 2.75) is 12.5 Å². The summed E-state index contributed by atoms with van der Waals surface area (Å²) in [6, 6.07) is 6.95. The maximum Gasteiger partial charge on any atom is 0.258 e. The molecular weight excluding hydrogens is 280 g/mol. The van der Waals surface area contributed by atoms with E-state index in [1.807, 2.05) is 19.0 Å². The van der Waals surface area contributed by atoms with Gasteiger partial charge in [0.2, 0.25) is 0 Å². The van der Waals surface area contributed by atoms with Gasteiger partial charge < -0.3 is 20.1 Å². The van der Waals surface area contributed by atoms with Gasteiger partial charge in [-0.25, -0.2) is 0 Å². The molecule has 1 aromatic rings. The number of hydrogen-bond acceptors (Lipinski definition) is 4. The minimum absolute atomic E-state index is 0.137. The van der Waals surface area contributed by atoms with Gasteiger partial charge in [-0.15, -0.1) is 0 Å². The lowest BCUT2D eigenvalue weighted by Crippen LogP contribution is -2.47. The molecule has 1 amide bonds. The minimum atomic E-state index is -0.983. The second-order valence-corrected chi connectivity index (χ2v) is 5.64. The molecule has 0 heterocycles. The summed E-state index contributed by atoms with van der Waals surface area (Å²) < 4.78 is 5.31. The van der Waals surface area contributed by atoms with Gasteiger partial charge in [-0.3, -0.25) is 4.79 Å². The van der Waals surface area contributed by atoms with Crippen LogP contribution >= 0.6 is 11.6 Å². The molecule has 6 heteroatoms. The van der Waals surface area contributed by atoms with Gasteiger partial charge in [0.05, 0.1) is 10.6 Å². The van der Waals surface area contributed by atoms with Gasteiger partial charge in [0.15, 0.2) is 6.61 Å². The molecule has 112 valence electrons. The number of benzene rings is 1. The number of nitrogens with zero attached hydrogens (tertiary/aromatic N) is 1. The zero-order chi connectivity index (χ0) is 15.2. The molecule has 0 saturated carbocycles. The average Bonchev–Trinajstić information content (AvgIpc) is 2.34. The third kappa shape index (κ3) is 6.23. The van der Waals surface area contributed by atoms with E-state index < -0.39 is 5.60 Å². The maximum atomic E-state index is 11.7. The molecule has 0 bridgehead atoms. The van der Waals surface area contributed by atoms with Crippen molar-refractivity contribution in [1.82, 2.24) is 10.2 Å². The van der Waals surface area contributed by atoms with E-state index in [9.17, 15) is 9.90 Å². The minimum Gasteiger partial charge on any atom is -0.482 e. The first kappa shape index (κ1) is 16.8. The van der Waals surface area contributed by atoms with Crippen LogP contribution in [0.2, 0.25) is 5.02 Å². The van der Waals surface area contributed by atoms with Crippen molar-refractivity contribution in [3.8, 4) is 5.75 Å². The van der Waals surface area contributed by atoms with Crippen LogP contribution in [0.5, 0.6) is 5.75 Å². The molecule has 0 aromatic heterocycles. The number of carbonyl (C=O) groups is 1.